The van der Waals surface area contributed by atoms with Gasteiger partial charge in [0.25, 0.3) is 0 Å². The van der Waals surface area contributed by atoms with Gasteiger partial charge in [-0.2, -0.15) is 0 Å². The lowest BCUT2D eigenvalue weighted by Crippen LogP contribution is -2.51. The monoisotopic (exact) mass is 358 g/mol. The zero-order valence-corrected chi connectivity index (χ0v) is 14.5. The summed E-state index contributed by atoms with van der Waals surface area (Å²) in [5.41, 5.74) is 6.05. The van der Waals surface area contributed by atoms with Crippen molar-refractivity contribution in [2.24, 2.45) is 5.73 Å². The average Bonchev–Trinajstić information content (AvgIpc) is 2.45. The number of ether oxygens (including phenoxy) is 2. The van der Waals surface area contributed by atoms with Gasteiger partial charge in [-0.05, 0) is 31.0 Å². The standard InChI is InChI=1S/C15H23BrN2O3/c1-5-6-15(2,17)14(19)18-9-10-7-12(20-3)13(21-4)8-11(10)16/h7-8H,5-6,9,17H2,1-4H3,(H,18,19). The third-order valence-corrected chi connectivity index (χ3v) is 4.02. The second-order valence-electron chi connectivity index (χ2n) is 5.15. The van der Waals surface area contributed by atoms with Crippen molar-refractivity contribution >= 4 is 21.8 Å². The fourth-order valence-electron chi connectivity index (χ4n) is 2.04. The van der Waals surface area contributed by atoms with Gasteiger partial charge in [-0.15, -0.1) is 0 Å². The van der Waals surface area contributed by atoms with Crippen molar-refractivity contribution in [2.45, 2.75) is 38.8 Å². The highest BCUT2D eigenvalue weighted by Crippen LogP contribution is 2.33. The first-order valence-electron chi connectivity index (χ1n) is 6.83. The Hall–Kier alpha value is -1.27. The van der Waals surface area contributed by atoms with E-state index in [0.29, 0.717) is 24.5 Å². The van der Waals surface area contributed by atoms with Crippen LogP contribution in [0, 0.1) is 0 Å². The van der Waals surface area contributed by atoms with Crippen LogP contribution in [0.15, 0.2) is 16.6 Å². The van der Waals surface area contributed by atoms with E-state index in [1.165, 1.54) is 0 Å². The number of hydrogen-bond acceptors (Lipinski definition) is 4. The number of halogens is 1. The maximum absolute atomic E-state index is 12.1. The van der Waals surface area contributed by atoms with Crippen molar-refractivity contribution in [3.8, 4) is 11.5 Å². The molecule has 1 aromatic rings. The smallest absolute Gasteiger partial charge is 0.240 e. The van der Waals surface area contributed by atoms with Gasteiger partial charge in [-0.25, -0.2) is 0 Å². The molecule has 1 amide bonds. The summed E-state index contributed by atoms with van der Waals surface area (Å²) >= 11 is 3.46. The highest BCUT2D eigenvalue weighted by molar-refractivity contribution is 9.10. The van der Waals surface area contributed by atoms with Crippen LogP contribution >= 0.6 is 15.9 Å². The highest BCUT2D eigenvalue weighted by atomic mass is 79.9. The van der Waals surface area contributed by atoms with Crippen LogP contribution in [0.4, 0.5) is 0 Å². The molecular formula is C15H23BrN2O3. The van der Waals surface area contributed by atoms with Gasteiger partial charge >= 0.3 is 0 Å². The van der Waals surface area contributed by atoms with Gasteiger partial charge < -0.3 is 20.5 Å². The molecule has 1 atom stereocenters. The van der Waals surface area contributed by atoms with Gasteiger partial charge in [-0.3, -0.25) is 4.79 Å². The Bertz CT molecular complexity index is 504. The fourth-order valence-corrected chi connectivity index (χ4v) is 2.50. The minimum Gasteiger partial charge on any atom is -0.493 e. The molecule has 1 aromatic carbocycles. The first-order valence-corrected chi connectivity index (χ1v) is 7.62. The van der Waals surface area contributed by atoms with E-state index in [1.807, 2.05) is 19.1 Å². The molecule has 0 aliphatic rings. The molecule has 118 valence electrons. The number of hydrogen-bond donors (Lipinski definition) is 2. The number of rotatable bonds is 7. The summed E-state index contributed by atoms with van der Waals surface area (Å²) in [5, 5.41) is 2.86. The maximum atomic E-state index is 12.1. The van der Waals surface area contributed by atoms with Gasteiger partial charge in [0.15, 0.2) is 11.5 Å². The normalized spacial score (nSPS) is 13.4. The summed E-state index contributed by atoms with van der Waals surface area (Å²) in [7, 11) is 3.16. The number of nitrogens with one attached hydrogen (secondary N) is 1. The van der Waals surface area contributed by atoms with E-state index in [1.54, 1.807) is 21.1 Å². The van der Waals surface area contributed by atoms with Gasteiger partial charge in [0.1, 0.15) is 0 Å². The molecule has 0 bridgehead atoms. The topological polar surface area (TPSA) is 73.6 Å². The van der Waals surface area contributed by atoms with Crippen LogP contribution in [0.5, 0.6) is 11.5 Å². The zero-order chi connectivity index (χ0) is 16.0. The highest BCUT2D eigenvalue weighted by Gasteiger charge is 2.26. The van der Waals surface area contributed by atoms with E-state index in [4.69, 9.17) is 15.2 Å². The molecular weight excluding hydrogens is 336 g/mol. The van der Waals surface area contributed by atoms with E-state index in [-0.39, 0.29) is 5.91 Å². The van der Waals surface area contributed by atoms with Crippen LogP contribution in [0.3, 0.4) is 0 Å². The lowest BCUT2D eigenvalue weighted by Gasteiger charge is -2.23. The quantitative estimate of drug-likeness (QED) is 0.785. The second kappa shape index (κ2) is 7.66. The molecule has 21 heavy (non-hydrogen) atoms. The van der Waals surface area contributed by atoms with Crippen LogP contribution in [0.2, 0.25) is 0 Å². The number of nitrogens with two attached hydrogens (primary N) is 1. The Morgan fingerprint density at radius 3 is 2.43 bits per heavy atom. The van der Waals surface area contributed by atoms with Crippen LogP contribution in [0.1, 0.15) is 32.3 Å². The summed E-state index contributed by atoms with van der Waals surface area (Å²) in [4.78, 5) is 12.1. The van der Waals surface area contributed by atoms with E-state index < -0.39 is 5.54 Å². The van der Waals surface area contributed by atoms with E-state index in [0.717, 1.165) is 16.5 Å². The second-order valence-corrected chi connectivity index (χ2v) is 6.00. The van der Waals surface area contributed by atoms with Crippen molar-refractivity contribution < 1.29 is 14.3 Å². The van der Waals surface area contributed by atoms with Gasteiger partial charge in [0.2, 0.25) is 5.91 Å². The molecule has 0 spiro atoms. The third kappa shape index (κ3) is 4.61. The molecule has 0 fully saturated rings. The number of amides is 1. The Balaban J connectivity index is 2.82. The molecule has 0 heterocycles. The Morgan fingerprint density at radius 2 is 1.90 bits per heavy atom. The Morgan fingerprint density at radius 1 is 1.33 bits per heavy atom. The number of benzene rings is 1. The average molecular weight is 359 g/mol. The summed E-state index contributed by atoms with van der Waals surface area (Å²) in [6.07, 6.45) is 1.51. The molecule has 0 radical (unpaired) electrons. The summed E-state index contributed by atoms with van der Waals surface area (Å²) in [5.74, 6) is 1.09. The molecule has 3 N–H and O–H groups in total. The molecule has 0 saturated carbocycles. The van der Waals surface area contributed by atoms with Crippen LogP contribution in [-0.2, 0) is 11.3 Å². The van der Waals surface area contributed by atoms with Crippen molar-refractivity contribution in [3.05, 3.63) is 22.2 Å². The van der Waals surface area contributed by atoms with Gasteiger partial charge in [0.05, 0.1) is 19.8 Å². The molecule has 5 nitrogen and oxygen atoms in total. The molecule has 1 rings (SSSR count). The predicted octanol–water partition coefficient (Wildman–Crippen LogP) is 2.60. The predicted molar refractivity (Wildman–Crippen MR) is 86.6 cm³/mol. The lowest BCUT2D eigenvalue weighted by atomic mass is 9.96. The minimum atomic E-state index is -0.849. The SMILES string of the molecule is CCCC(C)(N)C(=O)NCc1cc(OC)c(OC)cc1Br. The number of carbonyl (C=O) groups is 1. The lowest BCUT2D eigenvalue weighted by molar-refractivity contribution is -0.126. The Labute approximate surface area is 134 Å². The summed E-state index contributed by atoms with van der Waals surface area (Å²) < 4.78 is 11.3. The van der Waals surface area contributed by atoms with E-state index in [9.17, 15) is 4.79 Å². The molecule has 0 aliphatic heterocycles. The zero-order valence-electron chi connectivity index (χ0n) is 13.0. The molecule has 1 unspecified atom stereocenters. The maximum Gasteiger partial charge on any atom is 0.240 e. The van der Waals surface area contributed by atoms with Crippen molar-refractivity contribution in [1.29, 1.82) is 0 Å². The number of carbonyl (C=O) groups excluding carboxylic acids is 1. The summed E-state index contributed by atoms with van der Waals surface area (Å²) in [6, 6.07) is 3.64. The van der Waals surface area contributed by atoms with Crippen molar-refractivity contribution in [2.75, 3.05) is 14.2 Å². The number of methoxy groups -OCH3 is 2. The summed E-state index contributed by atoms with van der Waals surface area (Å²) in [6.45, 7) is 4.12. The molecule has 0 aliphatic carbocycles. The van der Waals surface area contributed by atoms with Crippen LogP contribution in [0.25, 0.3) is 0 Å². The van der Waals surface area contributed by atoms with Crippen molar-refractivity contribution in [1.82, 2.24) is 5.32 Å². The largest absolute Gasteiger partial charge is 0.493 e. The molecule has 6 heteroatoms. The Kier molecular flexibility index (Phi) is 6.48. The van der Waals surface area contributed by atoms with Gasteiger partial charge in [-0.1, -0.05) is 29.3 Å². The molecule has 0 aromatic heterocycles. The minimum absolute atomic E-state index is 0.161. The first kappa shape index (κ1) is 17.8. The van der Waals surface area contributed by atoms with Gasteiger partial charge in [0, 0.05) is 11.0 Å². The van der Waals surface area contributed by atoms with Crippen LogP contribution in [-0.4, -0.2) is 25.7 Å². The third-order valence-electron chi connectivity index (χ3n) is 3.28. The fraction of sp³-hybridized carbons (Fsp3) is 0.533. The van der Waals surface area contributed by atoms with E-state index >= 15 is 0 Å². The van der Waals surface area contributed by atoms with Crippen molar-refractivity contribution in [3.63, 3.8) is 0 Å². The first-order chi connectivity index (χ1) is 9.85. The van der Waals surface area contributed by atoms with Crippen LogP contribution < -0.4 is 20.5 Å². The molecule has 0 saturated heterocycles. The van der Waals surface area contributed by atoms with E-state index in [2.05, 4.69) is 21.2 Å².